The summed E-state index contributed by atoms with van der Waals surface area (Å²) in [5, 5.41) is 14.9. The van der Waals surface area contributed by atoms with Gasteiger partial charge < -0.3 is 10.6 Å². The maximum absolute atomic E-state index is 12.7. The average molecular weight is 393 g/mol. The normalized spacial score (nSPS) is 12.3. The van der Waals surface area contributed by atoms with Crippen LogP contribution in [0.2, 0.25) is 0 Å². The molecule has 1 unspecified atom stereocenters. The van der Waals surface area contributed by atoms with Crippen LogP contribution in [0.25, 0.3) is 10.8 Å². The minimum absolute atomic E-state index is 0.0564. The van der Waals surface area contributed by atoms with Crippen LogP contribution in [-0.4, -0.2) is 28.1 Å². The van der Waals surface area contributed by atoms with Gasteiger partial charge >= 0.3 is 0 Å². The third kappa shape index (κ3) is 5.22. The second-order valence-electron chi connectivity index (χ2n) is 8.00. The molecule has 1 aromatic heterocycles. The van der Waals surface area contributed by atoms with Gasteiger partial charge in [0, 0.05) is 11.8 Å². The quantitative estimate of drug-likeness (QED) is 0.568. The molecule has 3 rings (SSSR count). The molecule has 29 heavy (non-hydrogen) atoms. The molecule has 0 bridgehead atoms. The van der Waals surface area contributed by atoms with E-state index < -0.39 is 6.04 Å². The van der Waals surface area contributed by atoms with Crippen LogP contribution in [0.3, 0.4) is 0 Å². The lowest BCUT2D eigenvalue weighted by Gasteiger charge is -2.21. The number of benzene rings is 2. The maximum atomic E-state index is 12.7. The number of nitrogens with zero attached hydrogens (tertiary/aromatic N) is 1. The van der Waals surface area contributed by atoms with Gasteiger partial charge in [0.1, 0.15) is 6.04 Å². The van der Waals surface area contributed by atoms with E-state index in [4.69, 9.17) is 0 Å². The molecule has 6 heteroatoms. The maximum Gasteiger partial charge on any atom is 0.248 e. The van der Waals surface area contributed by atoms with Crippen LogP contribution in [-0.2, 0) is 16.0 Å². The van der Waals surface area contributed by atoms with Crippen LogP contribution >= 0.6 is 0 Å². The largest absolute Gasteiger partial charge is 0.344 e. The van der Waals surface area contributed by atoms with Crippen LogP contribution in [0.4, 0.5) is 5.82 Å². The lowest BCUT2D eigenvalue weighted by molar-refractivity contribution is -0.127. The third-order valence-corrected chi connectivity index (χ3v) is 4.92. The van der Waals surface area contributed by atoms with Crippen molar-refractivity contribution in [3.63, 3.8) is 0 Å². The van der Waals surface area contributed by atoms with E-state index in [1.807, 2.05) is 76.2 Å². The number of anilines is 1. The number of amides is 2. The number of hydrogen-bond donors (Lipinski definition) is 3. The van der Waals surface area contributed by atoms with Gasteiger partial charge in [-0.15, -0.1) is 0 Å². The second kappa shape index (κ2) is 8.90. The lowest BCUT2D eigenvalue weighted by Crippen LogP contribution is -2.47. The minimum atomic E-state index is -0.637. The smallest absolute Gasteiger partial charge is 0.248 e. The van der Waals surface area contributed by atoms with Gasteiger partial charge in [-0.3, -0.25) is 14.7 Å². The first-order valence-corrected chi connectivity index (χ1v) is 9.96. The molecule has 6 nitrogen and oxygen atoms in total. The van der Waals surface area contributed by atoms with Crippen LogP contribution in [0.1, 0.15) is 44.9 Å². The zero-order valence-corrected chi connectivity index (χ0v) is 17.3. The van der Waals surface area contributed by atoms with Crippen LogP contribution < -0.4 is 10.6 Å². The summed E-state index contributed by atoms with van der Waals surface area (Å²) in [6.07, 6.45) is 0.223. The summed E-state index contributed by atoms with van der Waals surface area (Å²) in [6, 6.07) is 15.2. The van der Waals surface area contributed by atoms with Gasteiger partial charge in [0.2, 0.25) is 11.8 Å². The molecule has 0 fully saturated rings. The van der Waals surface area contributed by atoms with Crippen LogP contribution in [0, 0.1) is 5.92 Å². The fraction of sp³-hybridized carbons (Fsp3) is 0.348. The van der Waals surface area contributed by atoms with E-state index in [9.17, 15) is 9.59 Å². The predicted molar refractivity (Wildman–Crippen MR) is 116 cm³/mol. The Hall–Kier alpha value is -3.15. The Kier molecular flexibility index (Phi) is 6.32. The van der Waals surface area contributed by atoms with Crippen molar-refractivity contribution >= 4 is 28.4 Å². The Balaban J connectivity index is 1.65. The Morgan fingerprint density at radius 1 is 1.00 bits per heavy atom. The summed E-state index contributed by atoms with van der Waals surface area (Å²) in [5.41, 5.74) is 1.86. The number of aromatic nitrogens is 2. The minimum Gasteiger partial charge on any atom is -0.344 e. The van der Waals surface area contributed by atoms with E-state index >= 15 is 0 Å². The van der Waals surface area contributed by atoms with Gasteiger partial charge in [-0.05, 0) is 28.2 Å². The monoisotopic (exact) mass is 392 g/mol. The molecule has 3 N–H and O–H groups in total. The first kappa shape index (κ1) is 20.6. The molecule has 0 aliphatic heterocycles. The summed E-state index contributed by atoms with van der Waals surface area (Å²) < 4.78 is 0. The number of H-pyrrole nitrogens is 1. The SMILES string of the molecule is CC(C)c1cc(NC(=O)C(NC(=O)Cc2ccc3ccccc3c2)C(C)C)n[nH]1. The number of carbonyl (C=O) groups is 2. The van der Waals surface area contributed by atoms with Crippen molar-refractivity contribution in [2.24, 2.45) is 5.92 Å². The molecule has 1 heterocycles. The highest BCUT2D eigenvalue weighted by molar-refractivity contribution is 5.97. The highest BCUT2D eigenvalue weighted by Crippen LogP contribution is 2.17. The Bertz CT molecular complexity index is 1010. The lowest BCUT2D eigenvalue weighted by atomic mass is 10.0. The molecule has 152 valence electrons. The third-order valence-electron chi connectivity index (χ3n) is 4.92. The van der Waals surface area contributed by atoms with Crippen molar-refractivity contribution in [2.75, 3.05) is 5.32 Å². The number of hydrogen-bond acceptors (Lipinski definition) is 3. The van der Waals surface area contributed by atoms with Gasteiger partial charge in [-0.2, -0.15) is 5.10 Å². The first-order chi connectivity index (χ1) is 13.8. The number of carbonyl (C=O) groups excluding carboxylic acids is 2. The molecular formula is C23H28N4O2. The summed E-state index contributed by atoms with van der Waals surface area (Å²) in [7, 11) is 0. The van der Waals surface area contributed by atoms with E-state index in [1.54, 1.807) is 0 Å². The summed E-state index contributed by atoms with van der Waals surface area (Å²) in [4.78, 5) is 25.3. The van der Waals surface area contributed by atoms with Gasteiger partial charge in [0.15, 0.2) is 5.82 Å². The van der Waals surface area contributed by atoms with Crippen molar-refractivity contribution in [2.45, 2.75) is 46.1 Å². The van der Waals surface area contributed by atoms with Gasteiger partial charge in [-0.25, -0.2) is 0 Å². The van der Waals surface area contributed by atoms with Gasteiger partial charge in [-0.1, -0.05) is 70.2 Å². The topological polar surface area (TPSA) is 86.9 Å². The summed E-state index contributed by atoms with van der Waals surface area (Å²) in [5.74, 6) is 0.246. The highest BCUT2D eigenvalue weighted by Gasteiger charge is 2.25. The predicted octanol–water partition coefficient (Wildman–Crippen LogP) is 4.01. The average Bonchev–Trinajstić information content (AvgIpc) is 3.14. The molecule has 0 aliphatic rings. The standard InChI is InChI=1S/C23H28N4O2/c1-14(2)19-13-20(27-26-19)24-23(29)22(15(3)4)25-21(28)12-16-9-10-17-7-5-6-8-18(17)11-16/h5-11,13-15,22H,12H2,1-4H3,(H,25,28)(H2,24,26,27,29). The number of aromatic amines is 1. The Morgan fingerprint density at radius 2 is 1.72 bits per heavy atom. The van der Waals surface area contributed by atoms with E-state index in [0.29, 0.717) is 5.82 Å². The first-order valence-electron chi connectivity index (χ1n) is 9.96. The molecule has 2 aromatic carbocycles. The van der Waals surface area contributed by atoms with Gasteiger partial charge in [0.05, 0.1) is 6.42 Å². The van der Waals surface area contributed by atoms with E-state index in [1.165, 1.54) is 0 Å². The van der Waals surface area contributed by atoms with Crippen molar-refractivity contribution in [1.82, 2.24) is 15.5 Å². The summed E-state index contributed by atoms with van der Waals surface area (Å²) in [6.45, 7) is 7.90. The zero-order chi connectivity index (χ0) is 21.0. The van der Waals surface area contributed by atoms with Gasteiger partial charge in [0.25, 0.3) is 0 Å². The molecule has 0 saturated carbocycles. The zero-order valence-electron chi connectivity index (χ0n) is 17.3. The van der Waals surface area contributed by atoms with E-state index in [2.05, 4.69) is 20.8 Å². The number of rotatable bonds is 7. The molecule has 1 atom stereocenters. The Labute approximate surface area is 171 Å². The van der Waals surface area contributed by atoms with E-state index in [0.717, 1.165) is 22.0 Å². The Morgan fingerprint density at radius 3 is 2.38 bits per heavy atom. The molecule has 0 spiro atoms. The fourth-order valence-electron chi connectivity index (χ4n) is 3.19. The molecule has 2 amide bonds. The fourth-order valence-corrected chi connectivity index (χ4v) is 3.19. The van der Waals surface area contributed by atoms with Crippen molar-refractivity contribution < 1.29 is 9.59 Å². The summed E-state index contributed by atoms with van der Waals surface area (Å²) >= 11 is 0. The number of nitrogens with one attached hydrogen (secondary N) is 3. The number of fused-ring (bicyclic) bond motifs is 1. The highest BCUT2D eigenvalue weighted by atomic mass is 16.2. The van der Waals surface area contributed by atoms with E-state index in [-0.39, 0.29) is 30.1 Å². The van der Waals surface area contributed by atoms with Crippen molar-refractivity contribution in [1.29, 1.82) is 0 Å². The van der Waals surface area contributed by atoms with Crippen molar-refractivity contribution in [3.8, 4) is 0 Å². The van der Waals surface area contributed by atoms with Crippen molar-refractivity contribution in [3.05, 3.63) is 59.8 Å². The van der Waals surface area contributed by atoms with Crippen LogP contribution in [0.15, 0.2) is 48.5 Å². The van der Waals surface area contributed by atoms with Crippen LogP contribution in [0.5, 0.6) is 0 Å². The second-order valence-corrected chi connectivity index (χ2v) is 8.00. The molecule has 3 aromatic rings. The molecule has 0 saturated heterocycles. The molecule has 0 radical (unpaired) electrons. The molecular weight excluding hydrogens is 364 g/mol. The molecule has 0 aliphatic carbocycles.